The molecule has 134 valence electrons. The lowest BCUT2D eigenvalue weighted by Gasteiger charge is -2.27. The second-order valence-corrected chi connectivity index (χ2v) is 6.50. The van der Waals surface area contributed by atoms with E-state index in [1.165, 1.54) is 12.0 Å². The molecule has 0 saturated carbocycles. The number of ether oxygens (including phenoxy) is 3. The zero-order valence-electron chi connectivity index (χ0n) is 15.2. The van der Waals surface area contributed by atoms with Crippen molar-refractivity contribution in [1.82, 2.24) is 9.88 Å². The Hall–Kier alpha value is -2.31. The Labute approximate surface area is 142 Å². The summed E-state index contributed by atoms with van der Waals surface area (Å²) in [7, 11) is 4.51. The Balaban J connectivity index is 2.93. The zero-order valence-corrected chi connectivity index (χ0v) is 15.2. The molecule has 0 saturated heterocycles. The third-order valence-electron chi connectivity index (χ3n) is 3.28. The molecule has 0 aliphatic carbocycles. The van der Waals surface area contributed by atoms with E-state index in [0.717, 1.165) is 5.56 Å². The van der Waals surface area contributed by atoms with Crippen molar-refractivity contribution in [2.45, 2.75) is 38.7 Å². The molecule has 0 aliphatic rings. The molecule has 1 atom stereocenters. The van der Waals surface area contributed by atoms with Crippen molar-refractivity contribution >= 4 is 12.1 Å². The van der Waals surface area contributed by atoms with Gasteiger partial charge in [-0.25, -0.2) is 4.79 Å². The topological polar surface area (TPSA) is 78.0 Å². The second kappa shape index (κ2) is 8.52. The Kier molecular flexibility index (Phi) is 7.00. The van der Waals surface area contributed by atoms with Gasteiger partial charge in [-0.1, -0.05) is 0 Å². The van der Waals surface area contributed by atoms with Gasteiger partial charge in [0.25, 0.3) is 0 Å². The molecule has 7 nitrogen and oxygen atoms in total. The molecule has 1 rings (SSSR count). The van der Waals surface area contributed by atoms with Gasteiger partial charge in [0.15, 0.2) is 0 Å². The molecule has 1 aromatic heterocycles. The summed E-state index contributed by atoms with van der Waals surface area (Å²) in [5, 5.41) is 0. The lowest BCUT2D eigenvalue weighted by Crippen LogP contribution is -2.37. The minimum absolute atomic E-state index is 0.123. The smallest absolute Gasteiger partial charge is 0.410 e. The average Bonchev–Trinajstić information content (AvgIpc) is 2.52. The molecule has 0 aromatic carbocycles. The number of hydrogen-bond donors (Lipinski definition) is 0. The number of carbonyl (C=O) groups excluding carboxylic acids is 2. The van der Waals surface area contributed by atoms with Gasteiger partial charge in [-0.05, 0) is 32.4 Å². The SMILES string of the molecule is COC(=O)C[C@H](CN(C)C(=O)OC(C)(C)C)c1cncc(OC)c1. The van der Waals surface area contributed by atoms with Crippen LogP contribution in [0.15, 0.2) is 18.5 Å². The molecular weight excluding hydrogens is 312 g/mol. The van der Waals surface area contributed by atoms with Gasteiger partial charge < -0.3 is 19.1 Å². The standard InChI is InChI=1S/C17H26N2O5/c1-17(2,3)24-16(21)19(4)11-13(8-15(20)23-6)12-7-14(22-5)10-18-9-12/h7,9-10,13H,8,11H2,1-6H3/t13-/m1/s1. The quantitative estimate of drug-likeness (QED) is 0.742. The number of hydrogen-bond acceptors (Lipinski definition) is 6. The number of amides is 1. The Morgan fingerprint density at radius 3 is 2.46 bits per heavy atom. The van der Waals surface area contributed by atoms with Crippen LogP contribution in [0.4, 0.5) is 4.79 Å². The van der Waals surface area contributed by atoms with Gasteiger partial charge in [0, 0.05) is 25.7 Å². The van der Waals surface area contributed by atoms with Crippen LogP contribution < -0.4 is 4.74 Å². The maximum absolute atomic E-state index is 12.2. The van der Waals surface area contributed by atoms with Crippen LogP contribution in [-0.4, -0.2) is 55.4 Å². The number of aromatic nitrogens is 1. The van der Waals surface area contributed by atoms with E-state index < -0.39 is 11.7 Å². The summed E-state index contributed by atoms with van der Waals surface area (Å²) >= 11 is 0. The maximum atomic E-state index is 12.2. The van der Waals surface area contributed by atoms with Gasteiger partial charge in [0.1, 0.15) is 11.4 Å². The Morgan fingerprint density at radius 1 is 1.25 bits per heavy atom. The summed E-state index contributed by atoms with van der Waals surface area (Å²) in [6.45, 7) is 5.70. The Morgan fingerprint density at radius 2 is 1.92 bits per heavy atom. The first-order chi connectivity index (χ1) is 11.2. The van der Waals surface area contributed by atoms with Crippen molar-refractivity contribution in [2.24, 2.45) is 0 Å². The summed E-state index contributed by atoms with van der Waals surface area (Å²) in [6, 6.07) is 1.80. The minimum Gasteiger partial charge on any atom is -0.495 e. The average molecular weight is 338 g/mol. The molecule has 7 heteroatoms. The molecule has 1 aromatic rings. The third-order valence-corrected chi connectivity index (χ3v) is 3.28. The van der Waals surface area contributed by atoms with Gasteiger partial charge >= 0.3 is 12.1 Å². The number of methoxy groups -OCH3 is 2. The molecule has 1 amide bonds. The van der Waals surface area contributed by atoms with Crippen molar-refractivity contribution < 1.29 is 23.8 Å². The van der Waals surface area contributed by atoms with E-state index in [4.69, 9.17) is 14.2 Å². The van der Waals surface area contributed by atoms with E-state index in [0.29, 0.717) is 12.3 Å². The number of carbonyl (C=O) groups is 2. The van der Waals surface area contributed by atoms with Crippen molar-refractivity contribution in [3.63, 3.8) is 0 Å². The van der Waals surface area contributed by atoms with Crippen molar-refractivity contribution in [3.8, 4) is 5.75 Å². The molecule has 24 heavy (non-hydrogen) atoms. The van der Waals surface area contributed by atoms with Crippen LogP contribution in [0.2, 0.25) is 0 Å². The van der Waals surface area contributed by atoms with Crippen LogP contribution in [0.1, 0.15) is 38.7 Å². The number of esters is 1. The first-order valence-corrected chi connectivity index (χ1v) is 7.66. The fourth-order valence-corrected chi connectivity index (χ4v) is 2.09. The summed E-state index contributed by atoms with van der Waals surface area (Å²) in [5.74, 6) is -0.0553. The largest absolute Gasteiger partial charge is 0.495 e. The molecule has 1 heterocycles. The summed E-state index contributed by atoms with van der Waals surface area (Å²) in [6.07, 6.45) is 2.90. The van der Waals surface area contributed by atoms with E-state index in [1.54, 1.807) is 53.4 Å². The van der Waals surface area contributed by atoms with E-state index >= 15 is 0 Å². The van der Waals surface area contributed by atoms with E-state index in [1.807, 2.05) is 0 Å². The number of pyridine rings is 1. The zero-order chi connectivity index (χ0) is 18.3. The first kappa shape index (κ1) is 19.7. The monoisotopic (exact) mass is 338 g/mol. The van der Waals surface area contributed by atoms with Gasteiger partial charge in [-0.2, -0.15) is 0 Å². The highest BCUT2D eigenvalue weighted by Crippen LogP contribution is 2.24. The van der Waals surface area contributed by atoms with E-state index in [2.05, 4.69) is 4.98 Å². The fourth-order valence-electron chi connectivity index (χ4n) is 2.09. The number of nitrogens with zero attached hydrogens (tertiary/aromatic N) is 2. The van der Waals surface area contributed by atoms with Crippen molar-refractivity contribution in [1.29, 1.82) is 0 Å². The van der Waals surface area contributed by atoms with Crippen LogP contribution in [-0.2, 0) is 14.3 Å². The maximum Gasteiger partial charge on any atom is 0.410 e. The van der Waals surface area contributed by atoms with Crippen LogP contribution in [0, 0.1) is 0 Å². The summed E-state index contributed by atoms with van der Waals surface area (Å²) in [5.41, 5.74) is 0.205. The van der Waals surface area contributed by atoms with Crippen LogP contribution in [0.3, 0.4) is 0 Å². The van der Waals surface area contributed by atoms with Gasteiger partial charge in [0.05, 0.1) is 26.8 Å². The van der Waals surface area contributed by atoms with Gasteiger partial charge in [0.2, 0.25) is 0 Å². The highest BCUT2D eigenvalue weighted by molar-refractivity contribution is 5.71. The van der Waals surface area contributed by atoms with Crippen LogP contribution >= 0.6 is 0 Å². The molecule has 0 N–H and O–H groups in total. The number of rotatable bonds is 6. The first-order valence-electron chi connectivity index (χ1n) is 7.66. The summed E-state index contributed by atoms with van der Waals surface area (Å²) in [4.78, 5) is 29.4. The lowest BCUT2D eigenvalue weighted by atomic mass is 9.96. The fraction of sp³-hybridized carbons (Fsp3) is 0.588. The third kappa shape index (κ3) is 6.44. The van der Waals surface area contributed by atoms with E-state index in [9.17, 15) is 9.59 Å². The predicted molar refractivity (Wildman–Crippen MR) is 89.0 cm³/mol. The lowest BCUT2D eigenvalue weighted by molar-refractivity contribution is -0.141. The van der Waals surface area contributed by atoms with Crippen molar-refractivity contribution in [2.75, 3.05) is 27.8 Å². The molecule has 0 radical (unpaired) electrons. The van der Waals surface area contributed by atoms with Gasteiger partial charge in [-0.3, -0.25) is 9.78 Å². The minimum atomic E-state index is -0.583. The van der Waals surface area contributed by atoms with Crippen molar-refractivity contribution in [3.05, 3.63) is 24.0 Å². The highest BCUT2D eigenvalue weighted by Gasteiger charge is 2.25. The van der Waals surface area contributed by atoms with E-state index in [-0.39, 0.29) is 18.3 Å². The van der Waals surface area contributed by atoms with Crippen LogP contribution in [0.25, 0.3) is 0 Å². The molecule has 0 bridgehead atoms. The molecule has 0 unspecified atom stereocenters. The second-order valence-electron chi connectivity index (χ2n) is 6.50. The Bertz CT molecular complexity index is 568. The molecule has 0 aliphatic heterocycles. The molecular formula is C17H26N2O5. The highest BCUT2D eigenvalue weighted by atomic mass is 16.6. The number of likely N-dealkylation sites (N-methyl/N-ethyl adjacent to an activating group) is 1. The molecule has 0 spiro atoms. The predicted octanol–water partition coefficient (Wildman–Crippen LogP) is 2.60. The normalized spacial score (nSPS) is 12.2. The van der Waals surface area contributed by atoms with Crippen LogP contribution in [0.5, 0.6) is 5.75 Å². The summed E-state index contributed by atoms with van der Waals surface area (Å²) < 4.78 is 15.3. The van der Waals surface area contributed by atoms with Gasteiger partial charge in [-0.15, -0.1) is 0 Å². The molecule has 0 fully saturated rings.